The second-order valence-electron chi connectivity index (χ2n) is 7.43. The van der Waals surface area contributed by atoms with Crippen LogP contribution in [0, 0.1) is 5.92 Å². The first-order chi connectivity index (χ1) is 14.1. The Morgan fingerprint density at radius 1 is 1.00 bits per heavy atom. The van der Waals surface area contributed by atoms with Gasteiger partial charge < -0.3 is 19.9 Å². The van der Waals surface area contributed by atoms with E-state index in [1.165, 1.54) is 0 Å². The fourth-order valence-corrected chi connectivity index (χ4v) is 4.04. The van der Waals surface area contributed by atoms with E-state index in [9.17, 15) is 9.59 Å². The molecule has 2 aliphatic heterocycles. The quantitative estimate of drug-likeness (QED) is 0.817. The number of para-hydroxylation sites is 1. The van der Waals surface area contributed by atoms with Crippen LogP contribution in [-0.4, -0.2) is 54.5 Å². The van der Waals surface area contributed by atoms with Crippen LogP contribution in [-0.2, 0) is 11.2 Å². The van der Waals surface area contributed by atoms with E-state index in [-0.39, 0.29) is 17.9 Å². The summed E-state index contributed by atoms with van der Waals surface area (Å²) in [6.07, 6.45) is 1.45. The monoisotopic (exact) mass is 413 g/mol. The van der Waals surface area contributed by atoms with E-state index in [0.29, 0.717) is 49.9 Å². The van der Waals surface area contributed by atoms with Crippen LogP contribution in [0.15, 0.2) is 48.5 Å². The summed E-state index contributed by atoms with van der Waals surface area (Å²) < 4.78 is 5.78. The predicted molar refractivity (Wildman–Crippen MR) is 112 cm³/mol. The highest BCUT2D eigenvalue weighted by Crippen LogP contribution is 2.28. The van der Waals surface area contributed by atoms with Gasteiger partial charge in [-0.1, -0.05) is 35.9 Å². The van der Waals surface area contributed by atoms with Gasteiger partial charge in [0, 0.05) is 36.9 Å². The minimum absolute atomic E-state index is 0.108. The van der Waals surface area contributed by atoms with Gasteiger partial charge in [-0.25, -0.2) is 4.79 Å². The van der Waals surface area contributed by atoms with Gasteiger partial charge in [0.05, 0.1) is 5.92 Å². The van der Waals surface area contributed by atoms with Gasteiger partial charge in [0.25, 0.3) is 0 Å². The van der Waals surface area contributed by atoms with Crippen molar-refractivity contribution in [3.63, 3.8) is 0 Å². The molecular formula is C22H24ClN3O3. The maximum Gasteiger partial charge on any atom is 0.321 e. The number of hydrogen-bond acceptors (Lipinski definition) is 3. The van der Waals surface area contributed by atoms with Gasteiger partial charge >= 0.3 is 6.03 Å². The topological polar surface area (TPSA) is 61.9 Å². The van der Waals surface area contributed by atoms with Gasteiger partial charge in [0.1, 0.15) is 12.4 Å². The van der Waals surface area contributed by atoms with Crippen molar-refractivity contribution < 1.29 is 14.3 Å². The molecule has 2 aliphatic rings. The highest BCUT2D eigenvalue weighted by atomic mass is 35.5. The van der Waals surface area contributed by atoms with Crippen LogP contribution in [0.3, 0.4) is 0 Å². The van der Waals surface area contributed by atoms with Gasteiger partial charge in [-0.15, -0.1) is 0 Å². The van der Waals surface area contributed by atoms with E-state index in [1.807, 2.05) is 29.2 Å². The van der Waals surface area contributed by atoms with Crippen molar-refractivity contribution in [2.75, 3.05) is 38.1 Å². The molecule has 0 radical (unpaired) electrons. The molecule has 6 nitrogen and oxygen atoms in total. The Bertz CT molecular complexity index is 904. The van der Waals surface area contributed by atoms with E-state index in [0.717, 1.165) is 17.7 Å². The third-order valence-electron chi connectivity index (χ3n) is 5.40. The zero-order valence-corrected chi connectivity index (χ0v) is 16.9. The summed E-state index contributed by atoms with van der Waals surface area (Å²) in [5.74, 6) is 0.810. The molecule has 29 heavy (non-hydrogen) atoms. The number of urea groups is 1. The number of benzene rings is 2. The highest BCUT2D eigenvalue weighted by molar-refractivity contribution is 6.30. The van der Waals surface area contributed by atoms with Crippen molar-refractivity contribution in [3.05, 3.63) is 59.1 Å². The Morgan fingerprint density at radius 2 is 1.79 bits per heavy atom. The van der Waals surface area contributed by atoms with Crippen molar-refractivity contribution in [2.24, 2.45) is 5.92 Å². The molecule has 0 spiro atoms. The van der Waals surface area contributed by atoms with Crippen LogP contribution in [0.4, 0.5) is 10.5 Å². The minimum Gasteiger partial charge on any atom is -0.492 e. The molecule has 0 aromatic heterocycles. The number of ether oxygens (including phenoxy) is 1. The second kappa shape index (κ2) is 8.74. The van der Waals surface area contributed by atoms with Crippen LogP contribution >= 0.6 is 11.6 Å². The Labute approximate surface area is 175 Å². The van der Waals surface area contributed by atoms with Gasteiger partial charge in [-0.3, -0.25) is 4.79 Å². The van der Waals surface area contributed by atoms with Crippen LogP contribution in [0.1, 0.15) is 12.0 Å². The molecule has 2 aromatic carbocycles. The maximum absolute atomic E-state index is 13.0. The summed E-state index contributed by atoms with van der Waals surface area (Å²) >= 11 is 5.98. The van der Waals surface area contributed by atoms with E-state index in [2.05, 4.69) is 5.32 Å². The molecule has 0 bridgehead atoms. The number of fused-ring (bicyclic) bond motifs is 1. The molecule has 2 heterocycles. The molecule has 3 amide bonds. The fraction of sp³-hybridized carbons (Fsp3) is 0.364. The van der Waals surface area contributed by atoms with E-state index < -0.39 is 0 Å². The van der Waals surface area contributed by atoms with Crippen LogP contribution in [0.2, 0.25) is 5.02 Å². The lowest BCUT2D eigenvalue weighted by atomic mass is 9.95. The first kappa shape index (κ1) is 19.6. The summed E-state index contributed by atoms with van der Waals surface area (Å²) in [7, 11) is 0. The first-order valence-electron chi connectivity index (χ1n) is 9.91. The molecule has 0 aliphatic carbocycles. The normalized spacial score (nSPS) is 19.0. The van der Waals surface area contributed by atoms with E-state index in [1.54, 1.807) is 29.2 Å². The SMILES string of the molecule is O=C(Nc1cccc(Cl)c1)N1CCCN(C(=O)[C@@H]2COc3ccccc3C2)CC1. The number of nitrogens with one attached hydrogen (secondary N) is 1. The Morgan fingerprint density at radius 3 is 2.66 bits per heavy atom. The van der Waals surface area contributed by atoms with Gasteiger partial charge in [0.15, 0.2) is 0 Å². The highest BCUT2D eigenvalue weighted by Gasteiger charge is 2.31. The third kappa shape index (κ3) is 4.65. The molecule has 1 saturated heterocycles. The third-order valence-corrected chi connectivity index (χ3v) is 5.63. The van der Waals surface area contributed by atoms with Gasteiger partial charge in [0.2, 0.25) is 5.91 Å². The number of anilines is 1. The Balaban J connectivity index is 1.34. The van der Waals surface area contributed by atoms with Crippen molar-refractivity contribution in [3.8, 4) is 5.75 Å². The van der Waals surface area contributed by atoms with Crippen molar-refractivity contribution >= 4 is 29.2 Å². The average molecular weight is 414 g/mol. The second-order valence-corrected chi connectivity index (χ2v) is 7.86. The molecular weight excluding hydrogens is 390 g/mol. The summed E-state index contributed by atoms with van der Waals surface area (Å²) in [5, 5.41) is 3.45. The fourth-order valence-electron chi connectivity index (χ4n) is 3.85. The van der Waals surface area contributed by atoms with Crippen molar-refractivity contribution in [2.45, 2.75) is 12.8 Å². The van der Waals surface area contributed by atoms with Crippen molar-refractivity contribution in [1.29, 1.82) is 0 Å². The minimum atomic E-state index is -0.170. The van der Waals surface area contributed by atoms with Crippen LogP contribution in [0.25, 0.3) is 0 Å². The van der Waals surface area contributed by atoms with E-state index >= 15 is 0 Å². The van der Waals surface area contributed by atoms with Crippen LogP contribution in [0.5, 0.6) is 5.75 Å². The van der Waals surface area contributed by atoms with Gasteiger partial charge in [-0.2, -0.15) is 0 Å². The zero-order chi connectivity index (χ0) is 20.2. The smallest absolute Gasteiger partial charge is 0.321 e. The van der Waals surface area contributed by atoms with Crippen molar-refractivity contribution in [1.82, 2.24) is 9.80 Å². The molecule has 0 unspecified atom stereocenters. The molecule has 0 saturated carbocycles. The number of rotatable bonds is 2. The zero-order valence-electron chi connectivity index (χ0n) is 16.1. The molecule has 1 N–H and O–H groups in total. The number of carbonyl (C=O) groups excluding carboxylic acids is 2. The molecule has 4 rings (SSSR count). The summed E-state index contributed by atoms with van der Waals surface area (Å²) in [4.78, 5) is 29.2. The number of halogens is 1. The molecule has 1 atom stereocenters. The summed E-state index contributed by atoms with van der Waals surface area (Å²) in [6.45, 7) is 2.70. The number of hydrogen-bond donors (Lipinski definition) is 1. The Hall–Kier alpha value is -2.73. The summed E-state index contributed by atoms with van der Waals surface area (Å²) in [5.41, 5.74) is 1.74. The summed E-state index contributed by atoms with van der Waals surface area (Å²) in [6, 6.07) is 14.8. The first-order valence-corrected chi connectivity index (χ1v) is 10.3. The van der Waals surface area contributed by atoms with Gasteiger partial charge in [-0.05, 0) is 42.7 Å². The molecule has 1 fully saturated rings. The standard InChI is InChI=1S/C22H24ClN3O3/c23-18-6-3-7-19(14-18)24-22(28)26-10-4-9-25(11-12-26)21(27)17-13-16-5-1-2-8-20(16)29-15-17/h1-3,5-8,14,17H,4,9-13,15H2,(H,24,28)/t17-/m0/s1. The number of amides is 3. The molecule has 152 valence electrons. The number of carbonyl (C=O) groups is 2. The largest absolute Gasteiger partial charge is 0.492 e. The lowest BCUT2D eigenvalue weighted by molar-refractivity contribution is -0.136. The predicted octanol–water partition coefficient (Wildman–Crippen LogP) is 3.66. The Kier molecular flexibility index (Phi) is 5.90. The van der Waals surface area contributed by atoms with Crippen LogP contribution < -0.4 is 10.1 Å². The average Bonchev–Trinajstić information content (AvgIpc) is 2.99. The molecule has 7 heteroatoms. The number of nitrogens with zero attached hydrogens (tertiary/aromatic N) is 2. The lowest BCUT2D eigenvalue weighted by Crippen LogP contribution is -2.43. The molecule has 2 aromatic rings. The maximum atomic E-state index is 13.0. The lowest BCUT2D eigenvalue weighted by Gasteiger charge is -2.29. The van der Waals surface area contributed by atoms with E-state index in [4.69, 9.17) is 16.3 Å².